The Kier molecular flexibility index (Phi) is 4.86. The Morgan fingerprint density at radius 3 is 2.38 bits per heavy atom. The Hall–Kier alpha value is -1.79. The van der Waals surface area contributed by atoms with Crippen molar-refractivity contribution in [2.45, 2.75) is 52.6 Å². The Morgan fingerprint density at radius 1 is 1.33 bits per heavy atom. The summed E-state index contributed by atoms with van der Waals surface area (Å²) in [5.41, 5.74) is -0.478. The third-order valence-corrected chi connectivity index (χ3v) is 3.15. The topological polar surface area (TPSA) is 98.7 Å². The number of hydrogen-bond acceptors (Lipinski definition) is 3. The van der Waals surface area contributed by atoms with Gasteiger partial charge in [0.2, 0.25) is 5.91 Å². The second-order valence-corrected chi connectivity index (χ2v) is 7.34. The van der Waals surface area contributed by atoms with Crippen LogP contribution in [-0.4, -0.2) is 52.6 Å². The average Bonchev–Trinajstić information content (AvgIpc) is 2.23. The second-order valence-electron chi connectivity index (χ2n) is 7.34. The molecule has 0 saturated carbocycles. The van der Waals surface area contributed by atoms with E-state index in [9.17, 15) is 14.4 Å². The van der Waals surface area contributed by atoms with Crippen molar-refractivity contribution in [3.05, 3.63) is 0 Å². The van der Waals surface area contributed by atoms with Crippen LogP contribution >= 0.6 is 0 Å². The fourth-order valence-electron chi connectivity index (χ4n) is 2.81. The molecule has 1 fully saturated rings. The lowest BCUT2D eigenvalue weighted by molar-refractivity contribution is -0.144. The summed E-state index contributed by atoms with van der Waals surface area (Å²) in [7, 11) is 0. The molecule has 1 aliphatic rings. The molecule has 7 heteroatoms. The molecule has 1 rings (SSSR count). The van der Waals surface area contributed by atoms with Gasteiger partial charge in [0.25, 0.3) is 0 Å². The van der Waals surface area contributed by atoms with Crippen molar-refractivity contribution < 1.29 is 19.5 Å². The molecule has 1 saturated heterocycles. The number of urea groups is 1. The van der Waals surface area contributed by atoms with Gasteiger partial charge >= 0.3 is 12.0 Å². The quantitative estimate of drug-likeness (QED) is 0.717. The van der Waals surface area contributed by atoms with Gasteiger partial charge in [-0.15, -0.1) is 0 Å². The fourth-order valence-corrected chi connectivity index (χ4v) is 2.81. The first-order chi connectivity index (χ1) is 9.41. The summed E-state index contributed by atoms with van der Waals surface area (Å²) in [4.78, 5) is 36.0. The van der Waals surface area contributed by atoms with Gasteiger partial charge in [-0.05, 0) is 25.7 Å². The van der Waals surface area contributed by atoms with E-state index in [1.54, 1.807) is 0 Å². The van der Waals surface area contributed by atoms with Crippen LogP contribution in [0.2, 0.25) is 0 Å². The van der Waals surface area contributed by atoms with Crippen molar-refractivity contribution in [3.8, 4) is 0 Å². The van der Waals surface area contributed by atoms with Crippen LogP contribution in [0, 0.1) is 5.41 Å². The molecule has 0 aliphatic carbocycles. The maximum absolute atomic E-state index is 12.3. The van der Waals surface area contributed by atoms with Crippen molar-refractivity contribution in [2.75, 3.05) is 13.1 Å². The van der Waals surface area contributed by atoms with Gasteiger partial charge in [0.15, 0.2) is 0 Å². The molecule has 0 aromatic rings. The SMILES string of the molecule is CC(C)(C)CC(C)(C)NC(=O)N1CC(=O)NCC1C(=O)O. The van der Waals surface area contributed by atoms with Crippen LogP contribution in [0.15, 0.2) is 0 Å². The summed E-state index contributed by atoms with van der Waals surface area (Å²) in [6.45, 7) is 9.65. The highest BCUT2D eigenvalue weighted by molar-refractivity contribution is 5.90. The fraction of sp³-hybridized carbons (Fsp3) is 0.786. The van der Waals surface area contributed by atoms with Crippen molar-refractivity contribution in [1.29, 1.82) is 0 Å². The number of rotatable bonds is 3. The van der Waals surface area contributed by atoms with Crippen LogP contribution in [0.3, 0.4) is 0 Å². The Labute approximate surface area is 125 Å². The largest absolute Gasteiger partial charge is 0.480 e. The van der Waals surface area contributed by atoms with Crippen LogP contribution < -0.4 is 10.6 Å². The second kappa shape index (κ2) is 5.91. The molecule has 7 nitrogen and oxygen atoms in total. The first kappa shape index (κ1) is 17.3. The van der Waals surface area contributed by atoms with E-state index in [4.69, 9.17) is 5.11 Å². The maximum Gasteiger partial charge on any atom is 0.328 e. The van der Waals surface area contributed by atoms with E-state index < -0.39 is 23.6 Å². The molecule has 0 spiro atoms. The van der Waals surface area contributed by atoms with Gasteiger partial charge in [0.1, 0.15) is 12.6 Å². The monoisotopic (exact) mass is 299 g/mol. The number of piperazine rings is 1. The van der Waals surface area contributed by atoms with Gasteiger partial charge in [-0.3, -0.25) is 9.69 Å². The van der Waals surface area contributed by atoms with E-state index in [1.165, 1.54) is 0 Å². The molecule has 1 atom stereocenters. The van der Waals surface area contributed by atoms with Gasteiger partial charge in [-0.1, -0.05) is 20.8 Å². The van der Waals surface area contributed by atoms with Gasteiger partial charge in [0, 0.05) is 12.1 Å². The Morgan fingerprint density at radius 2 is 1.90 bits per heavy atom. The van der Waals surface area contributed by atoms with Crippen LogP contribution in [0.1, 0.15) is 41.0 Å². The van der Waals surface area contributed by atoms with Crippen molar-refractivity contribution >= 4 is 17.9 Å². The van der Waals surface area contributed by atoms with Gasteiger partial charge < -0.3 is 15.7 Å². The molecule has 1 aliphatic heterocycles. The zero-order valence-corrected chi connectivity index (χ0v) is 13.3. The minimum Gasteiger partial charge on any atom is -0.480 e. The van der Waals surface area contributed by atoms with Crippen molar-refractivity contribution in [1.82, 2.24) is 15.5 Å². The molecule has 0 radical (unpaired) electrons. The number of nitrogens with zero attached hydrogens (tertiary/aromatic N) is 1. The van der Waals surface area contributed by atoms with Crippen molar-refractivity contribution in [3.63, 3.8) is 0 Å². The summed E-state index contributed by atoms with van der Waals surface area (Å²) >= 11 is 0. The van der Waals surface area contributed by atoms with Gasteiger partial charge in [-0.2, -0.15) is 0 Å². The summed E-state index contributed by atoms with van der Waals surface area (Å²) in [5, 5.41) is 14.4. The Balaban J connectivity index is 2.80. The van der Waals surface area contributed by atoms with Gasteiger partial charge in [0.05, 0.1) is 0 Å². The first-order valence-electron chi connectivity index (χ1n) is 7.00. The highest BCUT2D eigenvalue weighted by Gasteiger charge is 2.37. The smallest absolute Gasteiger partial charge is 0.328 e. The van der Waals surface area contributed by atoms with Crippen LogP contribution in [0.5, 0.6) is 0 Å². The summed E-state index contributed by atoms with van der Waals surface area (Å²) < 4.78 is 0. The molecule has 0 aromatic heterocycles. The van der Waals surface area contributed by atoms with E-state index in [0.717, 1.165) is 11.3 Å². The van der Waals surface area contributed by atoms with Crippen LogP contribution in [-0.2, 0) is 9.59 Å². The van der Waals surface area contributed by atoms with Crippen molar-refractivity contribution in [2.24, 2.45) is 5.41 Å². The predicted molar refractivity (Wildman–Crippen MR) is 77.8 cm³/mol. The van der Waals surface area contributed by atoms with Gasteiger partial charge in [-0.25, -0.2) is 9.59 Å². The molecule has 3 N–H and O–H groups in total. The highest BCUT2D eigenvalue weighted by atomic mass is 16.4. The van der Waals surface area contributed by atoms with Crippen LogP contribution in [0.25, 0.3) is 0 Å². The number of carbonyl (C=O) groups is 3. The number of hydrogen-bond donors (Lipinski definition) is 3. The first-order valence-corrected chi connectivity index (χ1v) is 7.00. The minimum atomic E-state index is -1.13. The number of amides is 3. The van der Waals surface area contributed by atoms with E-state index in [-0.39, 0.29) is 24.4 Å². The molecule has 0 aromatic carbocycles. The van der Waals surface area contributed by atoms with Crippen LogP contribution in [0.4, 0.5) is 4.79 Å². The lowest BCUT2D eigenvalue weighted by Gasteiger charge is -2.38. The zero-order valence-electron chi connectivity index (χ0n) is 13.3. The zero-order chi connectivity index (χ0) is 16.4. The molecule has 3 amide bonds. The number of carboxylic acids is 1. The molecule has 0 bridgehead atoms. The number of carboxylic acid groups (broad SMARTS) is 1. The third kappa shape index (κ3) is 5.24. The standard InChI is InChI=1S/C14H25N3O4/c1-13(2,3)8-14(4,5)16-12(21)17-7-10(18)15-6-9(17)11(19)20/h9H,6-8H2,1-5H3,(H,15,18)(H,16,21)(H,19,20). The number of carbonyl (C=O) groups excluding carboxylic acids is 2. The molecular formula is C14H25N3O4. The molecule has 120 valence electrons. The third-order valence-electron chi connectivity index (χ3n) is 3.15. The van der Waals surface area contributed by atoms with E-state index in [2.05, 4.69) is 31.4 Å². The highest BCUT2D eigenvalue weighted by Crippen LogP contribution is 2.27. The van der Waals surface area contributed by atoms with E-state index >= 15 is 0 Å². The summed E-state index contributed by atoms with van der Waals surface area (Å²) in [6, 6.07) is -1.56. The molecular weight excluding hydrogens is 274 g/mol. The molecule has 1 heterocycles. The normalized spacial score (nSPS) is 20.0. The lowest BCUT2D eigenvalue weighted by atomic mass is 9.82. The number of nitrogens with one attached hydrogen (secondary N) is 2. The molecule has 21 heavy (non-hydrogen) atoms. The van der Waals surface area contributed by atoms with E-state index in [1.807, 2.05) is 13.8 Å². The average molecular weight is 299 g/mol. The minimum absolute atomic E-state index is 0.0161. The lowest BCUT2D eigenvalue weighted by Crippen LogP contribution is -2.63. The molecule has 1 unspecified atom stereocenters. The Bertz CT molecular complexity index is 440. The maximum atomic E-state index is 12.3. The predicted octanol–water partition coefficient (Wildman–Crippen LogP) is 0.796. The summed E-state index contributed by atoms with van der Waals surface area (Å²) in [5.74, 6) is -1.48. The summed E-state index contributed by atoms with van der Waals surface area (Å²) in [6.07, 6.45) is 0.726. The van der Waals surface area contributed by atoms with E-state index in [0.29, 0.717) is 0 Å². The number of aliphatic carboxylic acids is 1.